The first-order valence-corrected chi connectivity index (χ1v) is 7.53. The van der Waals surface area contributed by atoms with Crippen molar-refractivity contribution in [3.05, 3.63) is 53.4 Å². The summed E-state index contributed by atoms with van der Waals surface area (Å²) in [6.45, 7) is 0.413. The second-order valence-electron chi connectivity index (χ2n) is 4.32. The van der Waals surface area contributed by atoms with Crippen LogP contribution < -0.4 is 5.73 Å². The van der Waals surface area contributed by atoms with Crippen molar-refractivity contribution in [2.24, 2.45) is 0 Å². The third-order valence-corrected chi connectivity index (χ3v) is 3.90. The number of nitrogens with zero attached hydrogens (tertiary/aromatic N) is 4. The molecule has 2 heterocycles. The lowest BCUT2D eigenvalue weighted by Crippen LogP contribution is -2.00. The Kier molecular flexibility index (Phi) is 4.12. The molecule has 0 fully saturated rings. The highest BCUT2D eigenvalue weighted by Gasteiger charge is 2.08. The van der Waals surface area contributed by atoms with Crippen LogP contribution in [0.15, 0.2) is 46.1 Å². The maximum absolute atomic E-state index is 5.84. The molecule has 3 rings (SSSR count). The van der Waals surface area contributed by atoms with Crippen molar-refractivity contribution in [1.29, 1.82) is 0 Å². The molecular formula is C13H12ClN5OS. The molecular weight excluding hydrogens is 310 g/mol. The summed E-state index contributed by atoms with van der Waals surface area (Å²) < 4.78 is 6.84. The Labute approximate surface area is 130 Å². The van der Waals surface area contributed by atoms with Crippen LogP contribution in [-0.2, 0) is 12.3 Å². The Bertz CT molecular complexity index is 724. The van der Waals surface area contributed by atoms with E-state index in [-0.39, 0.29) is 0 Å². The average Bonchev–Trinajstić information content (AvgIpc) is 3.08. The molecule has 0 saturated heterocycles. The minimum atomic E-state index is 0.413. The SMILES string of the molecule is Nc1cnn(Cc2nc(CSc3ccc(Cl)cc3)no2)c1. The lowest BCUT2D eigenvalue weighted by molar-refractivity contribution is 0.362. The molecule has 21 heavy (non-hydrogen) atoms. The van der Waals surface area contributed by atoms with Crippen LogP contribution in [0, 0.1) is 0 Å². The highest BCUT2D eigenvalue weighted by Crippen LogP contribution is 2.23. The molecule has 0 aliphatic heterocycles. The number of hydrogen-bond donors (Lipinski definition) is 1. The summed E-state index contributed by atoms with van der Waals surface area (Å²) in [6.07, 6.45) is 3.29. The molecule has 2 N–H and O–H groups in total. The van der Waals surface area contributed by atoms with Crippen LogP contribution in [0.4, 0.5) is 5.69 Å². The fourth-order valence-corrected chi connectivity index (χ4v) is 2.56. The Morgan fingerprint density at radius 1 is 1.29 bits per heavy atom. The molecule has 0 saturated carbocycles. The van der Waals surface area contributed by atoms with Gasteiger partial charge in [-0.2, -0.15) is 10.1 Å². The lowest BCUT2D eigenvalue weighted by Gasteiger charge is -1.97. The number of halogens is 1. The van der Waals surface area contributed by atoms with Gasteiger partial charge in [-0.05, 0) is 24.3 Å². The van der Waals surface area contributed by atoms with E-state index in [0.29, 0.717) is 29.7 Å². The Morgan fingerprint density at radius 2 is 2.10 bits per heavy atom. The molecule has 0 aliphatic rings. The molecule has 2 aromatic heterocycles. The molecule has 0 amide bonds. The van der Waals surface area contributed by atoms with E-state index in [1.165, 1.54) is 0 Å². The number of aromatic nitrogens is 4. The topological polar surface area (TPSA) is 82.8 Å². The number of rotatable bonds is 5. The standard InChI is InChI=1S/C13H12ClN5OS/c14-9-1-3-11(4-2-9)21-8-12-17-13(20-18-12)7-19-6-10(15)5-16-19/h1-6H,7-8,15H2. The molecule has 0 bridgehead atoms. The van der Waals surface area contributed by atoms with Crippen LogP contribution in [-0.4, -0.2) is 19.9 Å². The van der Waals surface area contributed by atoms with Gasteiger partial charge in [0.25, 0.3) is 0 Å². The highest BCUT2D eigenvalue weighted by atomic mass is 35.5. The van der Waals surface area contributed by atoms with Crippen LogP contribution in [0.1, 0.15) is 11.7 Å². The van der Waals surface area contributed by atoms with Crippen LogP contribution in [0.3, 0.4) is 0 Å². The first kappa shape index (κ1) is 14.0. The van der Waals surface area contributed by atoms with Crippen LogP contribution >= 0.6 is 23.4 Å². The summed E-state index contributed by atoms with van der Waals surface area (Å²) in [5, 5.41) is 8.74. The van der Waals surface area contributed by atoms with Crippen LogP contribution in [0.5, 0.6) is 0 Å². The number of nitrogen functional groups attached to an aromatic ring is 1. The van der Waals surface area contributed by atoms with Crippen LogP contribution in [0.2, 0.25) is 5.02 Å². The highest BCUT2D eigenvalue weighted by molar-refractivity contribution is 7.98. The van der Waals surface area contributed by atoms with Gasteiger partial charge in [-0.25, -0.2) is 0 Å². The molecule has 0 aliphatic carbocycles. The predicted octanol–water partition coefficient (Wildman–Crippen LogP) is 2.84. The van der Waals surface area contributed by atoms with Gasteiger partial charge in [0.2, 0.25) is 5.89 Å². The fourth-order valence-electron chi connectivity index (χ4n) is 1.70. The van der Waals surface area contributed by atoms with Crippen molar-refractivity contribution < 1.29 is 4.52 Å². The first-order chi connectivity index (χ1) is 10.2. The second kappa shape index (κ2) is 6.19. The average molecular weight is 322 g/mol. The van der Waals surface area contributed by atoms with E-state index in [1.807, 2.05) is 24.3 Å². The van der Waals surface area contributed by atoms with Gasteiger partial charge in [0, 0.05) is 16.1 Å². The van der Waals surface area contributed by atoms with E-state index in [1.54, 1.807) is 28.8 Å². The maximum Gasteiger partial charge on any atom is 0.248 e. The van der Waals surface area contributed by atoms with E-state index < -0.39 is 0 Å². The molecule has 0 spiro atoms. The summed E-state index contributed by atoms with van der Waals surface area (Å²) in [4.78, 5) is 5.42. The Balaban J connectivity index is 1.58. The summed E-state index contributed by atoms with van der Waals surface area (Å²) in [5.74, 6) is 1.78. The molecule has 1 aromatic carbocycles. The third kappa shape index (κ3) is 3.77. The molecule has 0 radical (unpaired) electrons. The van der Waals surface area contributed by atoms with Gasteiger partial charge >= 0.3 is 0 Å². The Morgan fingerprint density at radius 3 is 2.81 bits per heavy atom. The minimum absolute atomic E-state index is 0.413. The van der Waals surface area contributed by atoms with Gasteiger partial charge in [-0.15, -0.1) is 11.8 Å². The van der Waals surface area contributed by atoms with Gasteiger partial charge in [0.05, 0.1) is 17.6 Å². The predicted molar refractivity (Wildman–Crippen MR) is 81.1 cm³/mol. The fraction of sp³-hybridized carbons (Fsp3) is 0.154. The van der Waals surface area contributed by atoms with E-state index in [2.05, 4.69) is 15.2 Å². The van der Waals surface area contributed by atoms with Gasteiger partial charge in [0.15, 0.2) is 5.82 Å². The van der Waals surface area contributed by atoms with Crippen LogP contribution in [0.25, 0.3) is 0 Å². The zero-order valence-corrected chi connectivity index (χ0v) is 12.5. The normalized spacial score (nSPS) is 10.9. The van der Waals surface area contributed by atoms with Crippen molar-refractivity contribution >= 4 is 29.1 Å². The first-order valence-electron chi connectivity index (χ1n) is 6.17. The number of benzene rings is 1. The maximum atomic E-state index is 5.84. The molecule has 6 nitrogen and oxygen atoms in total. The van der Waals surface area contributed by atoms with Crippen molar-refractivity contribution in [2.75, 3.05) is 5.73 Å². The summed E-state index contributed by atoms with van der Waals surface area (Å²) >= 11 is 7.46. The Hall–Kier alpha value is -1.99. The summed E-state index contributed by atoms with van der Waals surface area (Å²) in [6, 6.07) is 7.63. The van der Waals surface area contributed by atoms with Crippen molar-refractivity contribution in [3.8, 4) is 0 Å². The zero-order valence-electron chi connectivity index (χ0n) is 10.9. The monoisotopic (exact) mass is 321 g/mol. The molecule has 8 heteroatoms. The molecule has 108 valence electrons. The van der Waals surface area contributed by atoms with Gasteiger partial charge in [-0.3, -0.25) is 4.68 Å². The summed E-state index contributed by atoms with van der Waals surface area (Å²) in [7, 11) is 0. The lowest BCUT2D eigenvalue weighted by atomic mass is 10.4. The van der Waals surface area contributed by atoms with Crippen molar-refractivity contribution in [1.82, 2.24) is 19.9 Å². The van der Waals surface area contributed by atoms with Gasteiger partial charge in [-0.1, -0.05) is 16.8 Å². The van der Waals surface area contributed by atoms with E-state index >= 15 is 0 Å². The van der Waals surface area contributed by atoms with E-state index in [9.17, 15) is 0 Å². The van der Waals surface area contributed by atoms with E-state index in [4.69, 9.17) is 21.9 Å². The second-order valence-corrected chi connectivity index (χ2v) is 5.80. The van der Waals surface area contributed by atoms with Gasteiger partial charge in [0.1, 0.15) is 6.54 Å². The smallest absolute Gasteiger partial charge is 0.248 e. The molecule has 0 unspecified atom stereocenters. The molecule has 3 aromatic rings. The van der Waals surface area contributed by atoms with Gasteiger partial charge < -0.3 is 10.3 Å². The third-order valence-electron chi connectivity index (χ3n) is 2.64. The van der Waals surface area contributed by atoms with Crippen molar-refractivity contribution in [3.63, 3.8) is 0 Å². The largest absolute Gasteiger partial charge is 0.396 e. The van der Waals surface area contributed by atoms with Crippen molar-refractivity contribution in [2.45, 2.75) is 17.2 Å². The minimum Gasteiger partial charge on any atom is -0.396 e. The number of nitrogens with two attached hydrogens (primary N) is 1. The number of hydrogen-bond acceptors (Lipinski definition) is 6. The quantitative estimate of drug-likeness (QED) is 0.728. The van der Waals surface area contributed by atoms with E-state index in [0.717, 1.165) is 9.92 Å². The number of anilines is 1. The number of thioether (sulfide) groups is 1. The zero-order chi connectivity index (χ0) is 14.7. The molecule has 0 atom stereocenters. The summed E-state index contributed by atoms with van der Waals surface area (Å²) in [5.41, 5.74) is 6.20.